The number of nitrogens with one attached hydrogen (secondary N) is 1. The molecule has 0 saturated heterocycles. The Hall–Kier alpha value is -2.51. The van der Waals surface area contributed by atoms with Crippen LogP contribution in [0.15, 0.2) is 45.1 Å². The quantitative estimate of drug-likeness (QED) is 0.678. The number of carbonyl (C=O) groups excluding carboxylic acids is 1. The third kappa shape index (κ3) is 2.33. The van der Waals surface area contributed by atoms with E-state index in [0.717, 1.165) is 36.1 Å². The van der Waals surface area contributed by atoms with Gasteiger partial charge in [0.15, 0.2) is 5.60 Å². The lowest BCUT2D eigenvalue weighted by Gasteiger charge is -2.42. The molecule has 0 saturated carbocycles. The van der Waals surface area contributed by atoms with E-state index in [4.69, 9.17) is 4.74 Å². The summed E-state index contributed by atoms with van der Waals surface area (Å²) >= 11 is 0. The van der Waals surface area contributed by atoms with Crippen molar-refractivity contribution in [3.63, 3.8) is 0 Å². The van der Waals surface area contributed by atoms with E-state index in [-0.39, 0.29) is 42.4 Å². The van der Waals surface area contributed by atoms with Crippen molar-refractivity contribution >= 4 is 5.97 Å². The molecule has 2 N–H and O–H groups in total. The van der Waals surface area contributed by atoms with Gasteiger partial charge in [-0.25, -0.2) is 9.18 Å². The Labute approximate surface area is 179 Å². The fraction of sp³-hybridized carbons (Fsp3) is 0.500. The van der Waals surface area contributed by atoms with Crippen molar-refractivity contribution < 1.29 is 19.0 Å². The van der Waals surface area contributed by atoms with Crippen LogP contribution in [0, 0.1) is 5.92 Å². The van der Waals surface area contributed by atoms with Crippen molar-refractivity contribution in [3.05, 3.63) is 67.4 Å². The molecule has 4 atom stereocenters. The van der Waals surface area contributed by atoms with Gasteiger partial charge in [-0.15, -0.1) is 0 Å². The molecule has 0 fully saturated rings. The second kappa shape index (κ2) is 6.26. The molecule has 3 aliphatic heterocycles. The highest BCUT2D eigenvalue weighted by atomic mass is 19.1. The molecule has 1 aromatic heterocycles. The fourth-order valence-corrected chi connectivity index (χ4v) is 6.29. The second-order valence-electron chi connectivity index (χ2n) is 9.31. The summed E-state index contributed by atoms with van der Waals surface area (Å²) in [6.07, 6.45) is 4.58. The smallest absolute Gasteiger partial charge is 0.343 e. The largest absolute Gasteiger partial charge is 0.458 e. The van der Waals surface area contributed by atoms with Gasteiger partial charge in [0.1, 0.15) is 12.4 Å². The number of allylic oxidation sites excluding steroid dienone is 2. The molecule has 0 radical (unpaired) electrons. The van der Waals surface area contributed by atoms with Crippen molar-refractivity contribution in [1.29, 1.82) is 0 Å². The van der Waals surface area contributed by atoms with Gasteiger partial charge in [-0.1, -0.05) is 12.5 Å². The Morgan fingerprint density at radius 3 is 2.94 bits per heavy atom. The first-order valence-electron chi connectivity index (χ1n) is 11.1. The lowest BCUT2D eigenvalue weighted by atomic mass is 9.70. The normalized spacial score (nSPS) is 33.4. The molecule has 5 aliphatic rings. The molecular formula is C24H25FN2O4. The van der Waals surface area contributed by atoms with Crippen LogP contribution in [-0.4, -0.2) is 21.7 Å². The van der Waals surface area contributed by atoms with Crippen molar-refractivity contribution in [1.82, 2.24) is 9.88 Å². The number of hydrogen-bond acceptors (Lipinski definition) is 5. The number of aliphatic hydroxyl groups is 1. The van der Waals surface area contributed by atoms with Crippen LogP contribution in [-0.2, 0) is 28.3 Å². The summed E-state index contributed by atoms with van der Waals surface area (Å²) in [5.74, 6) is -0.788. The molecule has 162 valence electrons. The van der Waals surface area contributed by atoms with Gasteiger partial charge >= 0.3 is 5.97 Å². The van der Waals surface area contributed by atoms with Gasteiger partial charge in [-0.3, -0.25) is 10.1 Å². The Morgan fingerprint density at radius 2 is 2.16 bits per heavy atom. The summed E-state index contributed by atoms with van der Waals surface area (Å²) < 4.78 is 21.6. The van der Waals surface area contributed by atoms with E-state index < -0.39 is 11.6 Å². The molecular weight excluding hydrogens is 399 g/mol. The molecule has 0 aromatic carbocycles. The Morgan fingerprint density at radius 1 is 1.35 bits per heavy atom. The molecule has 2 aliphatic carbocycles. The molecule has 0 bridgehead atoms. The minimum atomic E-state index is -1.81. The SMILES string of the molecule is CCC1(O)C(=O)OCc2c1cc1n(c2=O)CC2C3=C4C(=C(C)C(F)=CC4NC12)CCC3. The first-order chi connectivity index (χ1) is 14.8. The maximum Gasteiger partial charge on any atom is 0.343 e. The number of cyclic esters (lactones) is 1. The topological polar surface area (TPSA) is 80.6 Å². The first-order valence-corrected chi connectivity index (χ1v) is 11.1. The summed E-state index contributed by atoms with van der Waals surface area (Å²) in [5.41, 5.74) is 3.82. The van der Waals surface area contributed by atoms with E-state index in [9.17, 15) is 19.1 Å². The second-order valence-corrected chi connectivity index (χ2v) is 9.31. The van der Waals surface area contributed by atoms with Crippen LogP contribution in [0.4, 0.5) is 4.39 Å². The highest BCUT2D eigenvalue weighted by Crippen LogP contribution is 2.51. The maximum atomic E-state index is 14.7. The molecule has 0 spiro atoms. The summed E-state index contributed by atoms with van der Waals surface area (Å²) in [7, 11) is 0. The first kappa shape index (κ1) is 19.2. The van der Waals surface area contributed by atoms with Gasteiger partial charge in [0.25, 0.3) is 5.56 Å². The monoisotopic (exact) mass is 424 g/mol. The van der Waals surface area contributed by atoms with Crippen LogP contribution in [0.1, 0.15) is 62.4 Å². The summed E-state index contributed by atoms with van der Waals surface area (Å²) in [5, 5.41) is 14.6. The number of pyridine rings is 1. The highest BCUT2D eigenvalue weighted by Gasteiger charge is 2.49. The molecule has 6 rings (SSSR count). The molecule has 7 heteroatoms. The summed E-state index contributed by atoms with van der Waals surface area (Å²) in [6, 6.07) is 1.42. The molecule has 1 aromatic rings. The molecule has 4 heterocycles. The molecule has 4 unspecified atom stereocenters. The average molecular weight is 424 g/mol. The zero-order valence-corrected chi connectivity index (χ0v) is 17.6. The van der Waals surface area contributed by atoms with Gasteiger partial charge < -0.3 is 14.4 Å². The average Bonchev–Trinajstić information content (AvgIpc) is 3.14. The lowest BCUT2D eigenvalue weighted by molar-refractivity contribution is -0.172. The Balaban J connectivity index is 1.54. The number of hydrogen-bond donors (Lipinski definition) is 2. The van der Waals surface area contributed by atoms with E-state index in [1.807, 2.05) is 6.92 Å². The minimum absolute atomic E-state index is 0.104. The van der Waals surface area contributed by atoms with Gasteiger partial charge in [-0.2, -0.15) is 0 Å². The summed E-state index contributed by atoms with van der Waals surface area (Å²) in [4.78, 5) is 25.7. The number of ether oxygens (including phenoxy) is 1. The van der Waals surface area contributed by atoms with E-state index in [1.54, 1.807) is 23.6 Å². The van der Waals surface area contributed by atoms with Crippen molar-refractivity contribution in [2.24, 2.45) is 5.92 Å². The van der Waals surface area contributed by atoms with Crippen LogP contribution in [0.25, 0.3) is 0 Å². The molecule has 6 nitrogen and oxygen atoms in total. The number of nitrogens with zero attached hydrogens (tertiary/aromatic N) is 1. The van der Waals surface area contributed by atoms with Crippen molar-refractivity contribution in [2.45, 2.75) is 70.4 Å². The molecule has 31 heavy (non-hydrogen) atoms. The van der Waals surface area contributed by atoms with Gasteiger partial charge in [0.05, 0.1) is 17.6 Å². The minimum Gasteiger partial charge on any atom is -0.458 e. The Kier molecular flexibility index (Phi) is 3.88. The van der Waals surface area contributed by atoms with Crippen LogP contribution in [0.2, 0.25) is 0 Å². The van der Waals surface area contributed by atoms with E-state index in [0.29, 0.717) is 17.7 Å². The molecule has 0 amide bonds. The van der Waals surface area contributed by atoms with Crippen LogP contribution < -0.4 is 10.9 Å². The van der Waals surface area contributed by atoms with Crippen LogP contribution >= 0.6 is 0 Å². The van der Waals surface area contributed by atoms with Crippen LogP contribution in [0.5, 0.6) is 0 Å². The van der Waals surface area contributed by atoms with Gasteiger partial charge in [0.2, 0.25) is 0 Å². The number of aromatic nitrogens is 1. The van der Waals surface area contributed by atoms with Gasteiger partial charge in [0, 0.05) is 23.7 Å². The number of halogens is 1. The predicted octanol–water partition coefficient (Wildman–Crippen LogP) is 2.81. The highest BCUT2D eigenvalue weighted by molar-refractivity contribution is 5.83. The number of carbonyl (C=O) groups is 1. The fourth-order valence-electron chi connectivity index (χ4n) is 6.29. The van der Waals surface area contributed by atoms with E-state index >= 15 is 0 Å². The number of fused-ring (bicyclic) bond motifs is 5. The summed E-state index contributed by atoms with van der Waals surface area (Å²) in [6.45, 7) is 3.98. The maximum absolute atomic E-state index is 14.7. The standard InChI is InChI=1S/C24H25FN2O4/c1-3-24(30)16-7-19-21-14(9-27(19)22(28)15(16)10-31-23(24)29)13-6-4-5-12-11(2)17(25)8-18(26-21)20(12)13/h7-8,14,18,21,26,30H,3-6,9-10H2,1-2H3. The number of rotatable bonds is 1. The van der Waals surface area contributed by atoms with E-state index in [2.05, 4.69) is 5.32 Å². The third-order valence-corrected chi connectivity index (χ3v) is 7.96. The zero-order valence-electron chi connectivity index (χ0n) is 17.6. The van der Waals surface area contributed by atoms with Crippen molar-refractivity contribution in [3.8, 4) is 0 Å². The Bertz CT molecular complexity index is 1210. The van der Waals surface area contributed by atoms with Crippen LogP contribution in [0.3, 0.4) is 0 Å². The predicted molar refractivity (Wildman–Crippen MR) is 111 cm³/mol. The van der Waals surface area contributed by atoms with Crippen molar-refractivity contribution in [2.75, 3.05) is 0 Å². The van der Waals surface area contributed by atoms with Gasteiger partial charge in [-0.05, 0) is 61.5 Å². The van der Waals surface area contributed by atoms with E-state index in [1.165, 1.54) is 11.1 Å². The number of esters is 1. The third-order valence-electron chi connectivity index (χ3n) is 7.96. The zero-order chi connectivity index (χ0) is 21.7. The lowest BCUT2D eigenvalue weighted by Crippen LogP contribution is -2.45.